The number of nitrogens with zero attached hydrogens (tertiary/aromatic N) is 1. The number of rotatable bonds is 4. The lowest BCUT2D eigenvalue weighted by atomic mass is 9.97. The molecule has 2 atom stereocenters. The lowest BCUT2D eigenvalue weighted by Crippen LogP contribution is -2.29. The Morgan fingerprint density at radius 3 is 2.62 bits per heavy atom. The fourth-order valence-electron chi connectivity index (χ4n) is 1.61. The van der Waals surface area contributed by atoms with E-state index in [-0.39, 0.29) is 0 Å². The van der Waals surface area contributed by atoms with Gasteiger partial charge in [-0.1, -0.05) is 6.07 Å². The lowest BCUT2D eigenvalue weighted by molar-refractivity contribution is 0.0199. The van der Waals surface area contributed by atoms with Crippen LogP contribution in [0.4, 0.5) is 0 Å². The summed E-state index contributed by atoms with van der Waals surface area (Å²) < 4.78 is 0. The van der Waals surface area contributed by atoms with Crippen molar-refractivity contribution in [1.29, 1.82) is 5.26 Å². The summed E-state index contributed by atoms with van der Waals surface area (Å²) in [6, 6.07) is 7.05. The second-order valence-electron chi connectivity index (χ2n) is 3.75. The molecular formula is C12H16N2O2. The van der Waals surface area contributed by atoms with Gasteiger partial charge in [0.15, 0.2) is 0 Å². The highest BCUT2D eigenvalue weighted by molar-refractivity contribution is 5.38. The van der Waals surface area contributed by atoms with E-state index in [0.29, 0.717) is 17.7 Å². The third kappa shape index (κ3) is 2.80. The molecule has 0 heterocycles. The van der Waals surface area contributed by atoms with Gasteiger partial charge in [-0.2, -0.15) is 5.26 Å². The Labute approximate surface area is 95.2 Å². The van der Waals surface area contributed by atoms with Gasteiger partial charge in [0.05, 0.1) is 17.7 Å². The van der Waals surface area contributed by atoms with Crippen molar-refractivity contribution in [1.82, 2.24) is 5.32 Å². The highest BCUT2D eigenvalue weighted by atomic mass is 16.3. The van der Waals surface area contributed by atoms with Crippen molar-refractivity contribution in [3.63, 3.8) is 0 Å². The Morgan fingerprint density at radius 2 is 2.12 bits per heavy atom. The van der Waals surface area contributed by atoms with Crippen LogP contribution in [0.1, 0.15) is 22.8 Å². The molecule has 0 aliphatic heterocycles. The highest BCUT2D eigenvalue weighted by Crippen LogP contribution is 2.21. The first-order valence-corrected chi connectivity index (χ1v) is 5.11. The van der Waals surface area contributed by atoms with Crippen molar-refractivity contribution < 1.29 is 10.2 Å². The molecule has 0 amide bonds. The molecule has 0 aromatic heterocycles. The molecule has 16 heavy (non-hydrogen) atoms. The first-order valence-electron chi connectivity index (χ1n) is 5.11. The number of hydrogen-bond acceptors (Lipinski definition) is 4. The normalized spacial score (nSPS) is 14.2. The lowest BCUT2D eigenvalue weighted by Gasteiger charge is -2.19. The first kappa shape index (κ1) is 12.7. The summed E-state index contributed by atoms with van der Waals surface area (Å²) in [7, 11) is 1.71. The van der Waals surface area contributed by atoms with E-state index in [1.54, 1.807) is 25.2 Å². The zero-order valence-corrected chi connectivity index (χ0v) is 9.44. The predicted molar refractivity (Wildman–Crippen MR) is 60.8 cm³/mol. The SMILES string of the molecule is CNCC(O)C(O)c1ccc(C#N)cc1C. The van der Waals surface area contributed by atoms with Crippen LogP contribution in [0.3, 0.4) is 0 Å². The van der Waals surface area contributed by atoms with Crippen LogP contribution in [0.25, 0.3) is 0 Å². The van der Waals surface area contributed by atoms with Crippen molar-refractivity contribution in [2.45, 2.75) is 19.1 Å². The Bertz CT molecular complexity index is 398. The van der Waals surface area contributed by atoms with E-state index in [9.17, 15) is 10.2 Å². The Morgan fingerprint density at radius 1 is 1.44 bits per heavy atom. The number of aliphatic hydroxyl groups excluding tert-OH is 2. The minimum Gasteiger partial charge on any atom is -0.389 e. The first-order chi connectivity index (χ1) is 7.60. The van der Waals surface area contributed by atoms with E-state index >= 15 is 0 Å². The maximum atomic E-state index is 9.89. The molecule has 0 saturated heterocycles. The summed E-state index contributed by atoms with van der Waals surface area (Å²) in [6.07, 6.45) is -1.78. The van der Waals surface area contributed by atoms with Gasteiger partial charge in [0, 0.05) is 6.54 Å². The second-order valence-corrected chi connectivity index (χ2v) is 3.75. The summed E-state index contributed by atoms with van der Waals surface area (Å²) in [5, 5.41) is 31.0. The molecule has 0 spiro atoms. The summed E-state index contributed by atoms with van der Waals surface area (Å²) in [6.45, 7) is 2.13. The molecule has 0 aliphatic carbocycles. The smallest absolute Gasteiger partial charge is 0.106 e. The zero-order valence-electron chi connectivity index (χ0n) is 9.44. The molecule has 0 bridgehead atoms. The van der Waals surface area contributed by atoms with Crippen LogP contribution in [-0.2, 0) is 0 Å². The van der Waals surface area contributed by atoms with Gasteiger partial charge in [0.25, 0.3) is 0 Å². The molecule has 1 aromatic rings. The molecule has 86 valence electrons. The van der Waals surface area contributed by atoms with Crippen molar-refractivity contribution in [3.05, 3.63) is 34.9 Å². The molecule has 0 radical (unpaired) electrons. The van der Waals surface area contributed by atoms with E-state index in [1.165, 1.54) is 0 Å². The van der Waals surface area contributed by atoms with Gasteiger partial charge in [0.2, 0.25) is 0 Å². The fraction of sp³-hybridized carbons (Fsp3) is 0.417. The van der Waals surface area contributed by atoms with Crippen LogP contribution >= 0.6 is 0 Å². The molecule has 1 rings (SSSR count). The zero-order chi connectivity index (χ0) is 12.1. The van der Waals surface area contributed by atoms with Gasteiger partial charge >= 0.3 is 0 Å². The summed E-state index contributed by atoms with van der Waals surface area (Å²) >= 11 is 0. The van der Waals surface area contributed by atoms with E-state index in [0.717, 1.165) is 5.56 Å². The highest BCUT2D eigenvalue weighted by Gasteiger charge is 2.19. The second kappa shape index (κ2) is 5.61. The van der Waals surface area contributed by atoms with Crippen LogP contribution in [0.5, 0.6) is 0 Å². The van der Waals surface area contributed by atoms with E-state index in [2.05, 4.69) is 5.32 Å². The van der Waals surface area contributed by atoms with Crippen molar-refractivity contribution in [2.24, 2.45) is 0 Å². The molecule has 4 nitrogen and oxygen atoms in total. The van der Waals surface area contributed by atoms with Crippen LogP contribution in [0.2, 0.25) is 0 Å². The minimum atomic E-state index is -0.930. The topological polar surface area (TPSA) is 76.3 Å². The van der Waals surface area contributed by atoms with Crippen LogP contribution in [0.15, 0.2) is 18.2 Å². The monoisotopic (exact) mass is 220 g/mol. The number of nitrogens with one attached hydrogen (secondary N) is 1. The molecule has 4 heteroatoms. The third-order valence-electron chi connectivity index (χ3n) is 2.50. The summed E-state index contributed by atoms with van der Waals surface area (Å²) in [4.78, 5) is 0. The number of aryl methyl sites for hydroxylation is 1. The standard InChI is InChI=1S/C12H16N2O2/c1-8-5-9(6-13)3-4-10(8)12(16)11(15)7-14-2/h3-5,11-12,14-16H,7H2,1-2H3. The van der Waals surface area contributed by atoms with E-state index in [4.69, 9.17) is 5.26 Å². The maximum Gasteiger partial charge on any atom is 0.106 e. The number of nitriles is 1. The molecule has 0 saturated carbocycles. The Hall–Kier alpha value is -1.41. The van der Waals surface area contributed by atoms with Gasteiger partial charge in [-0.05, 0) is 37.2 Å². The molecular weight excluding hydrogens is 204 g/mol. The van der Waals surface area contributed by atoms with Crippen molar-refractivity contribution >= 4 is 0 Å². The van der Waals surface area contributed by atoms with Gasteiger partial charge in [-0.3, -0.25) is 0 Å². The summed E-state index contributed by atoms with van der Waals surface area (Å²) in [5.41, 5.74) is 2.01. The number of benzene rings is 1. The molecule has 0 fully saturated rings. The number of hydrogen-bond donors (Lipinski definition) is 3. The number of likely N-dealkylation sites (N-methyl/N-ethyl adjacent to an activating group) is 1. The van der Waals surface area contributed by atoms with Gasteiger partial charge in [-0.25, -0.2) is 0 Å². The Kier molecular flexibility index (Phi) is 4.44. The number of aliphatic hydroxyl groups is 2. The summed E-state index contributed by atoms with van der Waals surface area (Å²) in [5.74, 6) is 0. The quantitative estimate of drug-likeness (QED) is 0.690. The fourth-order valence-corrected chi connectivity index (χ4v) is 1.61. The van der Waals surface area contributed by atoms with Crippen LogP contribution < -0.4 is 5.32 Å². The molecule has 1 aromatic carbocycles. The molecule has 3 N–H and O–H groups in total. The van der Waals surface area contributed by atoms with Crippen LogP contribution in [-0.4, -0.2) is 29.9 Å². The average molecular weight is 220 g/mol. The van der Waals surface area contributed by atoms with Gasteiger partial charge < -0.3 is 15.5 Å². The minimum absolute atomic E-state index is 0.320. The average Bonchev–Trinajstić information content (AvgIpc) is 2.28. The molecule has 2 unspecified atom stereocenters. The maximum absolute atomic E-state index is 9.89. The largest absolute Gasteiger partial charge is 0.389 e. The van der Waals surface area contributed by atoms with Crippen LogP contribution in [0, 0.1) is 18.3 Å². The van der Waals surface area contributed by atoms with Gasteiger partial charge in [-0.15, -0.1) is 0 Å². The van der Waals surface area contributed by atoms with E-state index in [1.807, 2.05) is 13.0 Å². The van der Waals surface area contributed by atoms with Gasteiger partial charge in [0.1, 0.15) is 6.10 Å². The van der Waals surface area contributed by atoms with Crippen molar-refractivity contribution in [3.8, 4) is 6.07 Å². The molecule has 0 aliphatic rings. The third-order valence-corrected chi connectivity index (χ3v) is 2.50. The van der Waals surface area contributed by atoms with Crippen molar-refractivity contribution in [2.75, 3.05) is 13.6 Å². The predicted octanol–water partition coefficient (Wildman–Crippen LogP) is 0.480. The Balaban J connectivity index is 2.92. The van der Waals surface area contributed by atoms with E-state index < -0.39 is 12.2 Å².